The highest BCUT2D eigenvalue weighted by molar-refractivity contribution is 7.99. The second kappa shape index (κ2) is 8.27. The van der Waals surface area contributed by atoms with Crippen LogP contribution in [-0.2, 0) is 4.79 Å². The fourth-order valence-electron chi connectivity index (χ4n) is 2.88. The summed E-state index contributed by atoms with van der Waals surface area (Å²) < 4.78 is 0. The monoisotopic (exact) mass is 409 g/mol. The summed E-state index contributed by atoms with van der Waals surface area (Å²) in [5, 5.41) is 32.5. The molecular formula is C19H17N6O3S+. The SMILES string of the molecule is O=C(O)CSc1n[nH]c(-c2cc([NH2+]O)cc(-c3cccc(-c4ccn[nH]4)c3)c2)n1. The summed E-state index contributed by atoms with van der Waals surface area (Å²) in [4.78, 5) is 15.1. The van der Waals surface area contributed by atoms with E-state index in [-0.39, 0.29) is 5.75 Å². The fraction of sp³-hybridized carbons (Fsp3) is 0.0526. The number of aromatic nitrogens is 5. The van der Waals surface area contributed by atoms with E-state index in [1.54, 1.807) is 12.3 Å². The molecule has 4 aromatic rings. The zero-order valence-corrected chi connectivity index (χ0v) is 15.8. The molecule has 4 rings (SSSR count). The van der Waals surface area contributed by atoms with E-state index < -0.39 is 5.97 Å². The van der Waals surface area contributed by atoms with Gasteiger partial charge in [-0.3, -0.25) is 15.0 Å². The van der Waals surface area contributed by atoms with E-state index in [9.17, 15) is 10.0 Å². The number of hydrogen-bond donors (Lipinski definition) is 5. The minimum absolute atomic E-state index is 0.118. The Morgan fingerprint density at radius 1 is 1.03 bits per heavy atom. The number of nitrogens with two attached hydrogens (primary N) is 1. The summed E-state index contributed by atoms with van der Waals surface area (Å²) >= 11 is 1.04. The van der Waals surface area contributed by atoms with Crippen LogP contribution in [0, 0.1) is 0 Å². The number of quaternary nitrogens is 1. The third kappa shape index (κ3) is 4.35. The van der Waals surface area contributed by atoms with E-state index in [1.165, 1.54) is 0 Å². The van der Waals surface area contributed by atoms with Crippen molar-refractivity contribution in [3.05, 3.63) is 54.7 Å². The molecule has 0 aliphatic heterocycles. The molecule has 0 aliphatic rings. The normalized spacial score (nSPS) is 10.9. The van der Waals surface area contributed by atoms with E-state index in [2.05, 4.69) is 25.4 Å². The van der Waals surface area contributed by atoms with Crippen molar-refractivity contribution in [2.24, 2.45) is 0 Å². The van der Waals surface area contributed by atoms with Gasteiger partial charge in [-0.1, -0.05) is 30.0 Å². The summed E-state index contributed by atoms with van der Waals surface area (Å²) in [6.45, 7) is 0. The number of aromatic amines is 2. The smallest absolute Gasteiger partial charge is 0.313 e. The largest absolute Gasteiger partial charge is 0.481 e. The minimum Gasteiger partial charge on any atom is -0.481 e. The molecule has 0 unspecified atom stereocenters. The van der Waals surface area contributed by atoms with Crippen molar-refractivity contribution < 1.29 is 20.6 Å². The molecule has 2 aromatic carbocycles. The van der Waals surface area contributed by atoms with Gasteiger partial charge in [0.1, 0.15) is 0 Å². The van der Waals surface area contributed by atoms with Crippen LogP contribution in [0.3, 0.4) is 0 Å². The third-order valence-corrected chi connectivity index (χ3v) is 5.01. The predicted molar refractivity (Wildman–Crippen MR) is 107 cm³/mol. The zero-order chi connectivity index (χ0) is 20.2. The van der Waals surface area contributed by atoms with Crippen LogP contribution in [0.4, 0.5) is 5.69 Å². The quantitative estimate of drug-likeness (QED) is 0.179. The molecule has 0 bridgehead atoms. The Bertz CT molecular complexity index is 1140. The Kier molecular flexibility index (Phi) is 5.38. The molecule has 0 spiro atoms. The van der Waals surface area contributed by atoms with Gasteiger partial charge in [0.15, 0.2) is 11.5 Å². The van der Waals surface area contributed by atoms with Crippen LogP contribution in [0.25, 0.3) is 33.8 Å². The average molecular weight is 409 g/mol. The molecule has 10 heteroatoms. The van der Waals surface area contributed by atoms with E-state index in [0.717, 1.165) is 45.2 Å². The standard InChI is InChI=1S/C19H16N6O3S/c26-17(27)10-29-19-21-18(23-24-19)14-7-13(8-15(9-14)25-28)11-2-1-3-12(6-11)16-4-5-20-22-16/h1-9,25,28H,10H2,(H,20,22)(H,26,27)(H,21,23,24)/p+1. The van der Waals surface area contributed by atoms with Crippen LogP contribution < -0.4 is 5.48 Å². The molecule has 29 heavy (non-hydrogen) atoms. The number of carbonyl (C=O) groups is 1. The van der Waals surface area contributed by atoms with Crippen molar-refractivity contribution in [1.29, 1.82) is 0 Å². The number of nitrogens with one attached hydrogen (secondary N) is 2. The Labute approximate surface area is 169 Å². The summed E-state index contributed by atoms with van der Waals surface area (Å²) in [6.07, 6.45) is 1.70. The van der Waals surface area contributed by atoms with Crippen molar-refractivity contribution in [2.45, 2.75) is 5.16 Å². The van der Waals surface area contributed by atoms with Gasteiger partial charge < -0.3 is 5.11 Å². The maximum atomic E-state index is 10.7. The van der Waals surface area contributed by atoms with Crippen LogP contribution in [0.2, 0.25) is 0 Å². The van der Waals surface area contributed by atoms with Gasteiger partial charge in [0.05, 0.1) is 11.4 Å². The molecule has 6 N–H and O–H groups in total. The lowest BCUT2D eigenvalue weighted by atomic mass is 9.99. The topological polar surface area (TPSA) is 144 Å². The lowest BCUT2D eigenvalue weighted by Crippen LogP contribution is -2.73. The number of hydrogen-bond acceptors (Lipinski definition) is 6. The number of carboxylic acid groups (broad SMARTS) is 1. The van der Waals surface area contributed by atoms with Crippen LogP contribution in [0.1, 0.15) is 0 Å². The molecule has 0 radical (unpaired) electrons. The molecule has 2 aromatic heterocycles. The first kappa shape index (κ1) is 18.9. The summed E-state index contributed by atoms with van der Waals surface area (Å²) in [7, 11) is 0. The predicted octanol–water partition coefficient (Wildman–Crippen LogP) is 2.29. The van der Waals surface area contributed by atoms with Crippen molar-refractivity contribution >= 4 is 23.4 Å². The van der Waals surface area contributed by atoms with E-state index in [1.807, 2.05) is 42.5 Å². The third-order valence-electron chi connectivity index (χ3n) is 4.18. The number of aliphatic carboxylic acids is 1. The Balaban J connectivity index is 1.69. The zero-order valence-electron chi connectivity index (χ0n) is 15.0. The van der Waals surface area contributed by atoms with Gasteiger partial charge in [-0.2, -0.15) is 10.6 Å². The molecular weight excluding hydrogens is 392 g/mol. The average Bonchev–Trinajstić information content (AvgIpc) is 3.44. The van der Waals surface area contributed by atoms with E-state index >= 15 is 0 Å². The van der Waals surface area contributed by atoms with Gasteiger partial charge in [0.25, 0.3) is 0 Å². The number of H-pyrrole nitrogens is 2. The van der Waals surface area contributed by atoms with Crippen LogP contribution in [0.5, 0.6) is 0 Å². The van der Waals surface area contributed by atoms with Gasteiger partial charge in [-0.05, 0) is 29.3 Å². The van der Waals surface area contributed by atoms with E-state index in [4.69, 9.17) is 5.11 Å². The van der Waals surface area contributed by atoms with Crippen molar-refractivity contribution in [3.8, 4) is 33.8 Å². The molecule has 9 nitrogen and oxygen atoms in total. The fourth-order valence-corrected chi connectivity index (χ4v) is 3.40. The van der Waals surface area contributed by atoms with Gasteiger partial charge in [0, 0.05) is 29.5 Å². The molecule has 0 saturated heterocycles. The lowest BCUT2D eigenvalue weighted by molar-refractivity contribution is -0.825. The highest BCUT2D eigenvalue weighted by atomic mass is 32.2. The first-order valence-corrected chi connectivity index (χ1v) is 9.61. The van der Waals surface area contributed by atoms with Crippen LogP contribution in [-0.4, -0.2) is 47.4 Å². The molecule has 0 fully saturated rings. The number of carboxylic acids is 1. The molecule has 146 valence electrons. The van der Waals surface area contributed by atoms with Gasteiger partial charge in [-0.25, -0.2) is 10.2 Å². The lowest BCUT2D eigenvalue weighted by Gasteiger charge is -2.07. The Hall–Kier alpha value is -3.47. The molecule has 0 aliphatic carbocycles. The molecule has 0 amide bonds. The van der Waals surface area contributed by atoms with Gasteiger partial charge >= 0.3 is 5.97 Å². The van der Waals surface area contributed by atoms with Crippen LogP contribution in [0.15, 0.2) is 59.9 Å². The van der Waals surface area contributed by atoms with E-state index in [0.29, 0.717) is 16.7 Å². The summed E-state index contributed by atoms with van der Waals surface area (Å²) in [5.74, 6) is -0.557. The second-order valence-electron chi connectivity index (χ2n) is 6.17. The minimum atomic E-state index is -0.933. The number of thioether (sulfide) groups is 1. The van der Waals surface area contributed by atoms with Crippen molar-refractivity contribution in [1.82, 2.24) is 25.4 Å². The Morgan fingerprint density at radius 2 is 1.83 bits per heavy atom. The van der Waals surface area contributed by atoms with Crippen molar-refractivity contribution in [3.63, 3.8) is 0 Å². The second-order valence-corrected chi connectivity index (χ2v) is 7.12. The summed E-state index contributed by atoms with van der Waals surface area (Å²) in [5.41, 5.74) is 6.12. The van der Waals surface area contributed by atoms with Gasteiger partial charge in [0.2, 0.25) is 5.16 Å². The highest BCUT2D eigenvalue weighted by Gasteiger charge is 2.13. The summed E-state index contributed by atoms with van der Waals surface area (Å²) in [6, 6.07) is 15.4. The van der Waals surface area contributed by atoms with Gasteiger partial charge in [-0.15, -0.1) is 5.10 Å². The number of benzene rings is 2. The highest BCUT2D eigenvalue weighted by Crippen LogP contribution is 2.30. The Morgan fingerprint density at radius 3 is 2.59 bits per heavy atom. The van der Waals surface area contributed by atoms with Crippen molar-refractivity contribution in [2.75, 3.05) is 5.75 Å². The van der Waals surface area contributed by atoms with Crippen LogP contribution >= 0.6 is 11.8 Å². The first-order valence-electron chi connectivity index (χ1n) is 8.62. The molecule has 0 saturated carbocycles. The maximum absolute atomic E-state index is 10.7. The maximum Gasteiger partial charge on any atom is 0.313 e. The molecule has 0 atom stereocenters. The number of nitrogens with zero attached hydrogens (tertiary/aromatic N) is 3. The molecule has 2 heterocycles. The first-order chi connectivity index (χ1) is 14.1. The number of rotatable bonds is 7.